The number of benzene rings is 2. The molecule has 1 aliphatic rings. The lowest BCUT2D eigenvalue weighted by molar-refractivity contribution is 0.102. The molecular formula is C20H15N5OS. The molecule has 1 N–H and O–H groups in total. The maximum Gasteiger partial charge on any atom is 0.275 e. The molecule has 0 unspecified atom stereocenters. The van der Waals surface area contributed by atoms with E-state index in [9.17, 15) is 4.79 Å². The van der Waals surface area contributed by atoms with Gasteiger partial charge in [0.25, 0.3) is 5.91 Å². The van der Waals surface area contributed by atoms with Crippen molar-refractivity contribution < 1.29 is 4.79 Å². The standard InChI is InChI=1S/C20H15N5OS/c26-19(17-11-21-15-3-1-2-4-16(15)23-17)22-14-7-5-13(6-8-14)18-12-25-9-10-27-20(25)24-18/h1-8,11-12H,9-10H2,(H,22,26). The van der Waals surface area contributed by atoms with Gasteiger partial charge in [-0.25, -0.2) is 9.97 Å². The fourth-order valence-corrected chi connectivity index (χ4v) is 3.98. The number of para-hydroxylation sites is 2. The molecule has 0 bridgehead atoms. The molecule has 7 heteroatoms. The van der Waals surface area contributed by atoms with Gasteiger partial charge in [-0.3, -0.25) is 9.78 Å². The molecule has 0 radical (unpaired) electrons. The minimum atomic E-state index is -0.279. The van der Waals surface area contributed by atoms with Crippen molar-refractivity contribution in [1.82, 2.24) is 19.5 Å². The van der Waals surface area contributed by atoms with Crippen molar-refractivity contribution in [1.29, 1.82) is 0 Å². The molecule has 6 nitrogen and oxygen atoms in total. The first kappa shape index (κ1) is 16.0. The highest BCUT2D eigenvalue weighted by Gasteiger charge is 2.15. The van der Waals surface area contributed by atoms with Crippen LogP contribution in [0.5, 0.6) is 0 Å². The summed E-state index contributed by atoms with van der Waals surface area (Å²) in [5.41, 5.74) is 4.45. The summed E-state index contributed by atoms with van der Waals surface area (Å²) in [5.74, 6) is 0.809. The molecule has 0 atom stereocenters. The average molecular weight is 373 g/mol. The fraction of sp³-hybridized carbons (Fsp3) is 0.100. The Bertz CT molecular complexity index is 1130. The molecule has 2 aromatic carbocycles. The average Bonchev–Trinajstić information content (AvgIpc) is 3.30. The Labute approximate surface area is 159 Å². The number of amides is 1. The second-order valence-corrected chi connectivity index (χ2v) is 7.29. The minimum absolute atomic E-state index is 0.279. The predicted molar refractivity (Wildman–Crippen MR) is 106 cm³/mol. The van der Waals surface area contributed by atoms with Crippen molar-refractivity contribution in [3.8, 4) is 11.3 Å². The predicted octanol–water partition coefficient (Wildman–Crippen LogP) is 3.85. The monoisotopic (exact) mass is 373 g/mol. The van der Waals surface area contributed by atoms with E-state index in [1.54, 1.807) is 11.8 Å². The van der Waals surface area contributed by atoms with Crippen LogP contribution in [0.25, 0.3) is 22.3 Å². The van der Waals surface area contributed by atoms with Crippen LogP contribution < -0.4 is 5.32 Å². The maximum atomic E-state index is 12.5. The first-order valence-electron chi connectivity index (χ1n) is 8.60. The zero-order valence-electron chi connectivity index (χ0n) is 14.3. The first-order valence-corrected chi connectivity index (χ1v) is 9.58. The van der Waals surface area contributed by atoms with Crippen molar-refractivity contribution >= 4 is 34.4 Å². The quantitative estimate of drug-likeness (QED) is 0.590. The van der Waals surface area contributed by atoms with Crippen LogP contribution in [0.2, 0.25) is 0 Å². The second kappa shape index (κ2) is 6.51. The number of nitrogens with zero attached hydrogens (tertiary/aromatic N) is 4. The number of aryl methyl sites for hydroxylation is 1. The van der Waals surface area contributed by atoms with E-state index < -0.39 is 0 Å². The van der Waals surface area contributed by atoms with Crippen LogP contribution in [0, 0.1) is 0 Å². The van der Waals surface area contributed by atoms with Crippen LogP contribution in [0.1, 0.15) is 10.5 Å². The van der Waals surface area contributed by atoms with E-state index in [0.717, 1.165) is 34.2 Å². The summed E-state index contributed by atoms with van der Waals surface area (Å²) in [6, 6.07) is 15.2. The molecule has 27 heavy (non-hydrogen) atoms. The lowest BCUT2D eigenvalue weighted by Gasteiger charge is -2.06. The molecule has 132 valence electrons. The third kappa shape index (κ3) is 3.06. The molecule has 3 heterocycles. The molecule has 0 saturated heterocycles. The number of anilines is 1. The van der Waals surface area contributed by atoms with Gasteiger partial charge in [0.2, 0.25) is 0 Å². The van der Waals surface area contributed by atoms with Gasteiger partial charge in [-0.15, -0.1) is 0 Å². The van der Waals surface area contributed by atoms with E-state index in [4.69, 9.17) is 0 Å². The molecule has 0 saturated carbocycles. The number of fused-ring (bicyclic) bond motifs is 2. The van der Waals surface area contributed by atoms with Crippen LogP contribution >= 0.6 is 11.8 Å². The lowest BCUT2D eigenvalue weighted by atomic mass is 10.1. The number of hydrogen-bond acceptors (Lipinski definition) is 5. The number of thioether (sulfide) groups is 1. The van der Waals surface area contributed by atoms with Gasteiger partial charge in [0.05, 0.1) is 22.9 Å². The Hall–Kier alpha value is -3.19. The SMILES string of the molecule is O=C(Nc1ccc(-c2cn3c(n2)SCC3)cc1)c1cnc2ccccc2n1. The summed E-state index contributed by atoms with van der Waals surface area (Å²) in [5, 5.41) is 3.94. The molecule has 1 amide bonds. The normalized spacial score (nSPS) is 12.9. The zero-order valence-corrected chi connectivity index (χ0v) is 15.1. The summed E-state index contributed by atoms with van der Waals surface area (Å²) >= 11 is 1.78. The summed E-state index contributed by atoms with van der Waals surface area (Å²) in [6.07, 6.45) is 3.57. The number of carbonyl (C=O) groups excluding carboxylic acids is 1. The Morgan fingerprint density at radius 1 is 1.04 bits per heavy atom. The summed E-state index contributed by atoms with van der Waals surface area (Å²) in [6.45, 7) is 1.01. The fourth-order valence-electron chi connectivity index (χ4n) is 3.03. The molecule has 0 fully saturated rings. The number of rotatable bonds is 3. The largest absolute Gasteiger partial charge is 0.325 e. The van der Waals surface area contributed by atoms with E-state index in [1.165, 1.54) is 6.20 Å². The van der Waals surface area contributed by atoms with Gasteiger partial charge in [0, 0.05) is 29.7 Å². The third-order valence-electron chi connectivity index (χ3n) is 4.42. The van der Waals surface area contributed by atoms with E-state index in [1.807, 2.05) is 48.5 Å². The van der Waals surface area contributed by atoms with Crippen LogP contribution in [-0.4, -0.2) is 31.2 Å². The molecule has 0 aliphatic carbocycles. The Morgan fingerprint density at radius 2 is 1.85 bits per heavy atom. The third-order valence-corrected chi connectivity index (χ3v) is 5.39. The number of aromatic nitrogens is 4. The highest BCUT2D eigenvalue weighted by molar-refractivity contribution is 7.99. The van der Waals surface area contributed by atoms with Gasteiger partial charge in [-0.05, 0) is 24.3 Å². The smallest absolute Gasteiger partial charge is 0.275 e. The van der Waals surface area contributed by atoms with Gasteiger partial charge in [0.1, 0.15) is 5.69 Å². The molecular weight excluding hydrogens is 358 g/mol. The first-order chi connectivity index (χ1) is 13.3. The molecule has 5 rings (SSSR count). The highest BCUT2D eigenvalue weighted by Crippen LogP contribution is 2.29. The number of imidazole rings is 1. The molecule has 2 aromatic heterocycles. The van der Waals surface area contributed by atoms with Crippen molar-refractivity contribution in [3.05, 3.63) is 66.6 Å². The van der Waals surface area contributed by atoms with E-state index in [0.29, 0.717) is 16.9 Å². The van der Waals surface area contributed by atoms with Crippen molar-refractivity contribution in [2.24, 2.45) is 0 Å². The van der Waals surface area contributed by atoms with Gasteiger partial charge < -0.3 is 9.88 Å². The second-order valence-electron chi connectivity index (χ2n) is 6.23. The van der Waals surface area contributed by atoms with Crippen LogP contribution in [0.3, 0.4) is 0 Å². The Balaban J connectivity index is 1.34. The Kier molecular flexibility index (Phi) is 3.86. The van der Waals surface area contributed by atoms with Gasteiger partial charge in [-0.1, -0.05) is 36.0 Å². The van der Waals surface area contributed by atoms with Crippen LogP contribution in [-0.2, 0) is 6.54 Å². The van der Waals surface area contributed by atoms with Gasteiger partial charge in [0.15, 0.2) is 5.16 Å². The topological polar surface area (TPSA) is 72.7 Å². The van der Waals surface area contributed by atoms with Crippen LogP contribution in [0.15, 0.2) is 66.1 Å². The maximum absolute atomic E-state index is 12.5. The van der Waals surface area contributed by atoms with Crippen LogP contribution in [0.4, 0.5) is 5.69 Å². The van der Waals surface area contributed by atoms with E-state index in [-0.39, 0.29) is 5.91 Å². The summed E-state index contributed by atoms with van der Waals surface area (Å²) in [7, 11) is 0. The van der Waals surface area contributed by atoms with Crippen molar-refractivity contribution in [3.63, 3.8) is 0 Å². The summed E-state index contributed by atoms with van der Waals surface area (Å²) < 4.78 is 2.17. The van der Waals surface area contributed by atoms with Gasteiger partial charge in [-0.2, -0.15) is 0 Å². The molecule has 4 aromatic rings. The lowest BCUT2D eigenvalue weighted by Crippen LogP contribution is -2.14. The molecule has 1 aliphatic heterocycles. The van der Waals surface area contributed by atoms with E-state index in [2.05, 4.69) is 31.0 Å². The van der Waals surface area contributed by atoms with Crippen molar-refractivity contribution in [2.75, 3.05) is 11.1 Å². The van der Waals surface area contributed by atoms with Gasteiger partial charge >= 0.3 is 0 Å². The Morgan fingerprint density at radius 3 is 2.67 bits per heavy atom. The summed E-state index contributed by atoms with van der Waals surface area (Å²) in [4.78, 5) is 25.8. The zero-order chi connectivity index (χ0) is 18.2. The molecule has 0 spiro atoms. The number of hydrogen-bond donors (Lipinski definition) is 1. The number of carbonyl (C=O) groups is 1. The van der Waals surface area contributed by atoms with Crippen molar-refractivity contribution in [2.45, 2.75) is 11.7 Å². The minimum Gasteiger partial charge on any atom is -0.325 e. The van der Waals surface area contributed by atoms with E-state index >= 15 is 0 Å². The number of nitrogens with one attached hydrogen (secondary N) is 1. The highest BCUT2D eigenvalue weighted by atomic mass is 32.2.